The van der Waals surface area contributed by atoms with Crippen LogP contribution in [0.3, 0.4) is 0 Å². The number of carbonyl (C=O) groups excluding carboxylic acids is 1. The Balaban J connectivity index is 1.77. The normalized spacial score (nSPS) is 10.7. The third-order valence-corrected chi connectivity index (χ3v) is 5.24. The maximum atomic E-state index is 13.4. The molecule has 5 heteroatoms. The second-order valence-electron chi connectivity index (χ2n) is 7.29. The maximum absolute atomic E-state index is 13.4. The van der Waals surface area contributed by atoms with Crippen LogP contribution < -0.4 is 9.47 Å². The summed E-state index contributed by atoms with van der Waals surface area (Å²) in [5.74, 6) is 1.21. The first-order valence-corrected chi connectivity index (χ1v) is 10.0. The second kappa shape index (κ2) is 8.88. The monoisotopic (exact) mass is 412 g/mol. The van der Waals surface area contributed by atoms with Crippen molar-refractivity contribution in [2.45, 2.75) is 6.54 Å². The molecule has 0 radical (unpaired) electrons. The van der Waals surface area contributed by atoms with Crippen molar-refractivity contribution in [2.75, 3.05) is 21.3 Å². The van der Waals surface area contributed by atoms with E-state index < -0.39 is 0 Å². The van der Waals surface area contributed by atoms with Gasteiger partial charge >= 0.3 is 0 Å². The summed E-state index contributed by atoms with van der Waals surface area (Å²) in [5, 5.41) is 0.830. The fourth-order valence-electron chi connectivity index (χ4n) is 3.63. The number of hydrogen-bond acceptors (Lipinski definition) is 4. The van der Waals surface area contributed by atoms with E-state index >= 15 is 0 Å². The number of nitrogens with zero attached hydrogens (tertiary/aromatic N) is 2. The summed E-state index contributed by atoms with van der Waals surface area (Å²) in [6, 6.07) is 25.2. The smallest absolute Gasteiger partial charge is 0.254 e. The van der Waals surface area contributed by atoms with Gasteiger partial charge in [0, 0.05) is 24.5 Å². The molecule has 0 atom stereocenters. The van der Waals surface area contributed by atoms with E-state index in [1.54, 1.807) is 19.1 Å². The number of amides is 1. The van der Waals surface area contributed by atoms with Crippen molar-refractivity contribution in [3.05, 3.63) is 90.0 Å². The minimum Gasteiger partial charge on any atom is -0.493 e. The summed E-state index contributed by atoms with van der Waals surface area (Å²) in [4.78, 5) is 20.0. The van der Waals surface area contributed by atoms with E-state index in [-0.39, 0.29) is 5.91 Å². The molecule has 0 fully saturated rings. The molecule has 0 spiro atoms. The van der Waals surface area contributed by atoms with Crippen LogP contribution in [0.15, 0.2) is 78.9 Å². The molecule has 1 aromatic heterocycles. The molecule has 3 aromatic carbocycles. The van der Waals surface area contributed by atoms with E-state index in [4.69, 9.17) is 14.5 Å². The van der Waals surface area contributed by atoms with Crippen LogP contribution >= 0.6 is 0 Å². The molecular weight excluding hydrogens is 388 g/mol. The number of fused-ring (bicyclic) bond motifs is 1. The molecule has 0 saturated carbocycles. The van der Waals surface area contributed by atoms with Gasteiger partial charge in [0.05, 0.1) is 31.0 Å². The van der Waals surface area contributed by atoms with Crippen LogP contribution in [0.25, 0.3) is 22.2 Å². The molecule has 1 amide bonds. The average Bonchev–Trinajstić information content (AvgIpc) is 2.83. The van der Waals surface area contributed by atoms with Gasteiger partial charge in [-0.3, -0.25) is 4.79 Å². The van der Waals surface area contributed by atoms with Crippen molar-refractivity contribution < 1.29 is 14.3 Å². The van der Waals surface area contributed by atoms with Crippen molar-refractivity contribution in [3.8, 4) is 22.8 Å². The Labute approximate surface area is 181 Å². The number of pyridine rings is 1. The Bertz CT molecular complexity index is 1220. The van der Waals surface area contributed by atoms with E-state index in [0.29, 0.717) is 29.3 Å². The van der Waals surface area contributed by atoms with Crippen molar-refractivity contribution in [1.82, 2.24) is 9.88 Å². The summed E-state index contributed by atoms with van der Waals surface area (Å²) in [6.45, 7) is 0.530. The summed E-state index contributed by atoms with van der Waals surface area (Å²) < 4.78 is 10.8. The molecule has 0 aliphatic heterocycles. The SMILES string of the molecule is COc1ccc(-c2cc(C(=O)N(C)Cc3ccccc3)c3ccccc3n2)cc1OC. The number of aromatic nitrogens is 1. The molecule has 0 aliphatic carbocycles. The summed E-state index contributed by atoms with van der Waals surface area (Å²) >= 11 is 0. The highest BCUT2D eigenvalue weighted by Gasteiger charge is 2.18. The first kappa shape index (κ1) is 20.4. The zero-order valence-electron chi connectivity index (χ0n) is 17.8. The number of ether oxygens (including phenoxy) is 2. The number of hydrogen-bond donors (Lipinski definition) is 0. The molecule has 0 bridgehead atoms. The molecule has 1 heterocycles. The first-order chi connectivity index (χ1) is 15.1. The van der Waals surface area contributed by atoms with Crippen molar-refractivity contribution in [2.24, 2.45) is 0 Å². The number of benzene rings is 3. The summed E-state index contributed by atoms with van der Waals surface area (Å²) in [5.41, 5.74) is 4.02. The van der Waals surface area contributed by atoms with Crippen molar-refractivity contribution >= 4 is 16.8 Å². The number of para-hydroxylation sites is 1. The Morgan fingerprint density at radius 1 is 0.871 bits per heavy atom. The van der Waals surface area contributed by atoms with Crippen LogP contribution in [0.2, 0.25) is 0 Å². The molecule has 5 nitrogen and oxygen atoms in total. The van der Waals surface area contributed by atoms with E-state index in [9.17, 15) is 4.79 Å². The largest absolute Gasteiger partial charge is 0.493 e. The number of rotatable bonds is 6. The van der Waals surface area contributed by atoms with Gasteiger partial charge in [0.15, 0.2) is 11.5 Å². The standard InChI is InChI=1S/C26H24N2O3/c1-28(17-18-9-5-4-6-10-18)26(29)21-16-23(27-22-12-8-7-11-20(21)22)19-13-14-24(30-2)25(15-19)31-3/h4-16H,17H2,1-3H3. The van der Waals surface area contributed by atoms with Crippen LogP contribution in [0.4, 0.5) is 0 Å². The molecule has 0 aliphatic rings. The average molecular weight is 412 g/mol. The Kier molecular flexibility index (Phi) is 5.85. The van der Waals surface area contributed by atoms with E-state index in [0.717, 1.165) is 22.0 Å². The van der Waals surface area contributed by atoms with Gasteiger partial charge in [-0.15, -0.1) is 0 Å². The van der Waals surface area contributed by atoms with Crippen LogP contribution in [0, 0.1) is 0 Å². The van der Waals surface area contributed by atoms with Gasteiger partial charge in [-0.05, 0) is 35.9 Å². The molecule has 0 saturated heterocycles. The van der Waals surface area contributed by atoms with Gasteiger partial charge in [-0.25, -0.2) is 4.98 Å². The molecule has 4 rings (SSSR count). The van der Waals surface area contributed by atoms with Gasteiger partial charge in [-0.2, -0.15) is 0 Å². The lowest BCUT2D eigenvalue weighted by molar-refractivity contribution is 0.0787. The van der Waals surface area contributed by atoms with Crippen LogP contribution in [0.5, 0.6) is 11.5 Å². The van der Waals surface area contributed by atoms with Crippen LogP contribution in [-0.2, 0) is 6.54 Å². The highest BCUT2D eigenvalue weighted by atomic mass is 16.5. The van der Waals surface area contributed by atoms with Gasteiger partial charge in [0.2, 0.25) is 0 Å². The highest BCUT2D eigenvalue weighted by Crippen LogP contribution is 2.33. The van der Waals surface area contributed by atoms with E-state index in [1.165, 1.54) is 0 Å². The highest BCUT2D eigenvalue weighted by molar-refractivity contribution is 6.07. The lowest BCUT2D eigenvalue weighted by Crippen LogP contribution is -2.26. The van der Waals surface area contributed by atoms with Gasteiger partial charge < -0.3 is 14.4 Å². The minimum atomic E-state index is -0.0517. The molecule has 156 valence electrons. The Morgan fingerprint density at radius 3 is 2.32 bits per heavy atom. The van der Waals surface area contributed by atoms with Crippen molar-refractivity contribution in [3.63, 3.8) is 0 Å². The number of carbonyl (C=O) groups is 1. The van der Waals surface area contributed by atoms with Gasteiger partial charge in [-0.1, -0.05) is 48.5 Å². The van der Waals surface area contributed by atoms with E-state index in [1.807, 2.05) is 85.9 Å². The zero-order chi connectivity index (χ0) is 21.8. The number of methoxy groups -OCH3 is 2. The van der Waals surface area contributed by atoms with Crippen LogP contribution in [0.1, 0.15) is 15.9 Å². The lowest BCUT2D eigenvalue weighted by atomic mass is 10.0. The maximum Gasteiger partial charge on any atom is 0.254 e. The van der Waals surface area contributed by atoms with Crippen molar-refractivity contribution in [1.29, 1.82) is 0 Å². The van der Waals surface area contributed by atoms with Gasteiger partial charge in [0.1, 0.15) is 0 Å². The Morgan fingerprint density at radius 2 is 1.58 bits per heavy atom. The molecule has 0 N–H and O–H groups in total. The van der Waals surface area contributed by atoms with Gasteiger partial charge in [0.25, 0.3) is 5.91 Å². The quantitative estimate of drug-likeness (QED) is 0.437. The zero-order valence-corrected chi connectivity index (χ0v) is 17.8. The third-order valence-electron chi connectivity index (χ3n) is 5.24. The first-order valence-electron chi connectivity index (χ1n) is 10.0. The fraction of sp³-hybridized carbons (Fsp3) is 0.154. The summed E-state index contributed by atoms with van der Waals surface area (Å²) in [6.07, 6.45) is 0. The fourth-order valence-corrected chi connectivity index (χ4v) is 3.63. The van der Waals surface area contributed by atoms with Crippen LogP contribution in [-0.4, -0.2) is 37.1 Å². The molecular formula is C26H24N2O3. The molecule has 4 aromatic rings. The molecule has 0 unspecified atom stereocenters. The minimum absolute atomic E-state index is 0.0517. The topological polar surface area (TPSA) is 51.7 Å². The molecule has 31 heavy (non-hydrogen) atoms. The lowest BCUT2D eigenvalue weighted by Gasteiger charge is -2.19. The van der Waals surface area contributed by atoms with E-state index in [2.05, 4.69) is 0 Å². The summed E-state index contributed by atoms with van der Waals surface area (Å²) in [7, 11) is 5.02. The predicted molar refractivity (Wildman–Crippen MR) is 123 cm³/mol. The predicted octanol–water partition coefficient (Wildman–Crippen LogP) is 5.19. The Hall–Kier alpha value is -3.86. The second-order valence-corrected chi connectivity index (χ2v) is 7.29. The third kappa shape index (κ3) is 4.21.